The Labute approximate surface area is 111 Å². The summed E-state index contributed by atoms with van der Waals surface area (Å²) >= 11 is 1.63. The second-order valence-electron chi connectivity index (χ2n) is 4.01. The topological polar surface area (TPSA) is 34.1 Å². The first kappa shape index (κ1) is 15.5. The molecule has 18 heavy (non-hydrogen) atoms. The zero-order valence-electron chi connectivity index (χ0n) is 10.8. The lowest BCUT2D eigenvalue weighted by Crippen LogP contribution is -2.13. The summed E-state index contributed by atoms with van der Waals surface area (Å²) in [6, 6.07) is 0. The maximum absolute atomic E-state index is 11.9. The highest BCUT2D eigenvalue weighted by atomic mass is 32.1. The fourth-order valence-corrected chi connectivity index (χ4v) is 2.49. The van der Waals surface area contributed by atoms with Crippen molar-refractivity contribution < 1.29 is 13.5 Å². The average Bonchev–Trinajstić information content (AvgIpc) is 2.66. The van der Waals surface area contributed by atoms with Crippen molar-refractivity contribution in [3.05, 3.63) is 15.6 Å². The minimum absolute atomic E-state index is 0.305. The van der Waals surface area contributed by atoms with Crippen LogP contribution in [0.1, 0.15) is 28.9 Å². The van der Waals surface area contributed by atoms with Crippen molar-refractivity contribution >= 4 is 11.3 Å². The van der Waals surface area contributed by atoms with Gasteiger partial charge in [0.15, 0.2) is 0 Å². The quantitative estimate of drug-likeness (QED) is 0.705. The van der Waals surface area contributed by atoms with Crippen LogP contribution in [0.3, 0.4) is 0 Å². The highest BCUT2D eigenvalue weighted by Crippen LogP contribution is 2.18. The van der Waals surface area contributed by atoms with Gasteiger partial charge < -0.3 is 10.1 Å². The van der Waals surface area contributed by atoms with Gasteiger partial charge in [-0.15, -0.1) is 11.3 Å². The third-order valence-corrected chi connectivity index (χ3v) is 3.57. The van der Waals surface area contributed by atoms with Gasteiger partial charge in [0.1, 0.15) is 6.61 Å². The first-order valence-corrected chi connectivity index (χ1v) is 6.97. The van der Waals surface area contributed by atoms with E-state index in [1.54, 1.807) is 11.3 Å². The molecule has 0 radical (unpaired) electrons. The summed E-state index contributed by atoms with van der Waals surface area (Å²) in [5, 5.41) is 4.28. The van der Waals surface area contributed by atoms with E-state index in [4.69, 9.17) is 4.74 Å². The number of hydrogen-bond acceptors (Lipinski definition) is 4. The number of halogens is 2. The Hall–Kier alpha value is -0.590. The SMILES string of the molecule is CCCNCc1sc(CCOCC(F)F)nc1C. The molecule has 1 heterocycles. The van der Waals surface area contributed by atoms with E-state index in [9.17, 15) is 8.78 Å². The van der Waals surface area contributed by atoms with Crippen LogP contribution in [0.4, 0.5) is 8.78 Å². The van der Waals surface area contributed by atoms with Crippen molar-refractivity contribution in [1.82, 2.24) is 10.3 Å². The lowest BCUT2D eigenvalue weighted by Gasteiger charge is -2.01. The minimum Gasteiger partial charge on any atom is -0.375 e. The third-order valence-electron chi connectivity index (χ3n) is 2.35. The highest BCUT2D eigenvalue weighted by molar-refractivity contribution is 7.11. The van der Waals surface area contributed by atoms with Crippen molar-refractivity contribution in [2.24, 2.45) is 0 Å². The van der Waals surface area contributed by atoms with Crippen LogP contribution >= 0.6 is 11.3 Å². The van der Waals surface area contributed by atoms with Crippen LogP contribution in [-0.4, -0.2) is 31.2 Å². The molecule has 0 aromatic carbocycles. The summed E-state index contributed by atoms with van der Waals surface area (Å²) in [6.07, 6.45) is -0.685. The maximum atomic E-state index is 11.9. The molecule has 0 aliphatic rings. The number of thiazole rings is 1. The second-order valence-corrected chi connectivity index (χ2v) is 5.18. The van der Waals surface area contributed by atoms with E-state index in [1.165, 1.54) is 4.88 Å². The molecule has 104 valence electrons. The molecule has 1 aromatic rings. The van der Waals surface area contributed by atoms with Crippen molar-refractivity contribution in [1.29, 1.82) is 0 Å². The van der Waals surface area contributed by atoms with Gasteiger partial charge in [0.2, 0.25) is 0 Å². The molecule has 0 amide bonds. The van der Waals surface area contributed by atoms with Gasteiger partial charge in [-0.2, -0.15) is 0 Å². The number of aromatic nitrogens is 1. The fourth-order valence-electron chi connectivity index (χ4n) is 1.47. The van der Waals surface area contributed by atoms with Gasteiger partial charge in [-0.1, -0.05) is 6.92 Å². The smallest absolute Gasteiger partial charge is 0.261 e. The predicted octanol–water partition coefficient (Wildman–Crippen LogP) is 2.78. The van der Waals surface area contributed by atoms with Crippen LogP contribution in [0.5, 0.6) is 0 Å². The van der Waals surface area contributed by atoms with E-state index < -0.39 is 13.0 Å². The summed E-state index contributed by atoms with van der Waals surface area (Å²) in [4.78, 5) is 5.63. The summed E-state index contributed by atoms with van der Waals surface area (Å²) in [5.41, 5.74) is 1.02. The molecular formula is C12H20F2N2OS. The summed E-state index contributed by atoms with van der Waals surface area (Å²) < 4.78 is 28.6. The maximum Gasteiger partial charge on any atom is 0.261 e. The molecule has 0 saturated carbocycles. The Morgan fingerprint density at radius 3 is 2.89 bits per heavy atom. The molecule has 0 bridgehead atoms. The van der Waals surface area contributed by atoms with Crippen molar-refractivity contribution in [2.75, 3.05) is 19.8 Å². The van der Waals surface area contributed by atoms with Crippen LogP contribution < -0.4 is 5.32 Å². The molecule has 0 atom stereocenters. The van der Waals surface area contributed by atoms with Gasteiger partial charge in [-0.25, -0.2) is 13.8 Å². The van der Waals surface area contributed by atoms with E-state index in [0.717, 1.165) is 30.2 Å². The summed E-state index contributed by atoms with van der Waals surface area (Å²) in [6.45, 7) is 5.73. The minimum atomic E-state index is -2.39. The van der Waals surface area contributed by atoms with Gasteiger partial charge in [-0.05, 0) is 19.9 Å². The number of rotatable bonds is 9. The van der Waals surface area contributed by atoms with Crippen LogP contribution in [-0.2, 0) is 17.7 Å². The zero-order chi connectivity index (χ0) is 13.4. The first-order valence-electron chi connectivity index (χ1n) is 6.15. The van der Waals surface area contributed by atoms with Crippen molar-refractivity contribution in [2.45, 2.75) is 39.7 Å². The van der Waals surface area contributed by atoms with Gasteiger partial charge in [0.05, 0.1) is 17.3 Å². The molecule has 1 N–H and O–H groups in total. The number of nitrogens with zero attached hydrogens (tertiary/aromatic N) is 1. The highest BCUT2D eigenvalue weighted by Gasteiger charge is 2.08. The number of nitrogens with one attached hydrogen (secondary N) is 1. The van der Waals surface area contributed by atoms with Gasteiger partial charge >= 0.3 is 0 Å². The Kier molecular flexibility index (Phi) is 7.31. The van der Waals surface area contributed by atoms with E-state index >= 15 is 0 Å². The molecule has 0 aliphatic heterocycles. The molecule has 6 heteroatoms. The van der Waals surface area contributed by atoms with Gasteiger partial charge in [-0.3, -0.25) is 0 Å². The number of hydrogen-bond donors (Lipinski definition) is 1. The van der Waals surface area contributed by atoms with Crippen molar-refractivity contribution in [3.63, 3.8) is 0 Å². The number of ether oxygens (including phenoxy) is 1. The second kappa shape index (κ2) is 8.50. The Balaban J connectivity index is 2.31. The molecule has 0 spiro atoms. The van der Waals surface area contributed by atoms with Crippen LogP contribution in [0.25, 0.3) is 0 Å². The Bertz CT molecular complexity index is 345. The van der Waals surface area contributed by atoms with Crippen LogP contribution in [0.15, 0.2) is 0 Å². The fraction of sp³-hybridized carbons (Fsp3) is 0.750. The van der Waals surface area contributed by atoms with Crippen LogP contribution in [0, 0.1) is 6.92 Å². The lowest BCUT2D eigenvalue weighted by atomic mass is 10.4. The molecule has 3 nitrogen and oxygen atoms in total. The normalized spacial score (nSPS) is 11.4. The predicted molar refractivity (Wildman–Crippen MR) is 69.4 cm³/mol. The number of aryl methyl sites for hydroxylation is 1. The molecule has 1 aromatic heterocycles. The summed E-state index contributed by atoms with van der Waals surface area (Å²) in [7, 11) is 0. The largest absolute Gasteiger partial charge is 0.375 e. The van der Waals surface area contributed by atoms with E-state index in [0.29, 0.717) is 13.0 Å². The number of alkyl halides is 2. The van der Waals surface area contributed by atoms with Gasteiger partial charge in [0, 0.05) is 17.8 Å². The molecular weight excluding hydrogens is 258 g/mol. The van der Waals surface area contributed by atoms with Gasteiger partial charge in [0.25, 0.3) is 6.43 Å². The lowest BCUT2D eigenvalue weighted by molar-refractivity contribution is 0.0187. The molecule has 1 rings (SSSR count). The van der Waals surface area contributed by atoms with Crippen molar-refractivity contribution in [3.8, 4) is 0 Å². The molecule has 0 unspecified atom stereocenters. The zero-order valence-corrected chi connectivity index (χ0v) is 11.7. The van der Waals surface area contributed by atoms with E-state index in [-0.39, 0.29) is 0 Å². The average molecular weight is 278 g/mol. The van der Waals surface area contributed by atoms with E-state index in [2.05, 4.69) is 17.2 Å². The Morgan fingerprint density at radius 2 is 2.22 bits per heavy atom. The third kappa shape index (κ3) is 5.84. The Morgan fingerprint density at radius 1 is 1.44 bits per heavy atom. The summed E-state index contributed by atoms with van der Waals surface area (Å²) in [5.74, 6) is 0. The van der Waals surface area contributed by atoms with E-state index in [1.807, 2.05) is 6.92 Å². The first-order chi connectivity index (χ1) is 8.63. The monoisotopic (exact) mass is 278 g/mol. The molecule has 0 saturated heterocycles. The van der Waals surface area contributed by atoms with Crippen LogP contribution in [0.2, 0.25) is 0 Å². The molecule has 0 fully saturated rings. The standard InChI is InChI=1S/C12H20F2N2OS/c1-3-5-15-7-10-9(2)16-12(18-10)4-6-17-8-11(13)14/h11,15H,3-8H2,1-2H3. The molecule has 0 aliphatic carbocycles.